The summed E-state index contributed by atoms with van der Waals surface area (Å²) >= 11 is 1.55. The molecule has 0 atom stereocenters. The maximum absolute atomic E-state index is 9.64. The Morgan fingerprint density at radius 1 is 0.634 bits per heavy atom. The van der Waals surface area contributed by atoms with Crippen molar-refractivity contribution in [2.45, 2.75) is 0 Å². The minimum absolute atomic E-state index is 0.206. The first kappa shape index (κ1) is 25.5. The number of nitrogen functional groups attached to an aromatic ring is 1. The Labute approximate surface area is 240 Å². The minimum atomic E-state index is 0.206. The van der Waals surface area contributed by atoms with E-state index < -0.39 is 0 Å². The van der Waals surface area contributed by atoms with Crippen molar-refractivity contribution in [2.24, 2.45) is 0 Å². The smallest absolute Gasteiger partial charge is 0.233 e. The third-order valence-electron chi connectivity index (χ3n) is 6.08. The molecule has 0 radical (unpaired) electrons. The number of nitrogens with zero attached hydrogens (tertiary/aromatic N) is 5. The third kappa shape index (κ3) is 5.95. The van der Waals surface area contributed by atoms with E-state index in [0.717, 1.165) is 33.1 Å². The summed E-state index contributed by atoms with van der Waals surface area (Å²) in [6.07, 6.45) is 0. The summed E-state index contributed by atoms with van der Waals surface area (Å²) in [7, 11) is 0. The van der Waals surface area contributed by atoms with Gasteiger partial charge in [0.2, 0.25) is 17.8 Å². The molecule has 9 nitrogen and oxygen atoms in total. The zero-order valence-electron chi connectivity index (χ0n) is 21.6. The Morgan fingerprint density at radius 2 is 1.17 bits per heavy atom. The van der Waals surface area contributed by atoms with E-state index in [1.54, 1.807) is 11.3 Å². The molecule has 5 N–H and O–H groups in total. The number of pyridine rings is 1. The predicted molar refractivity (Wildman–Crippen MR) is 165 cm³/mol. The Morgan fingerprint density at radius 3 is 1.66 bits per heavy atom. The molecule has 0 saturated carbocycles. The fourth-order valence-electron chi connectivity index (χ4n) is 4.15. The number of para-hydroxylation sites is 2. The fourth-order valence-corrected chi connectivity index (χ4v) is 4.90. The number of hydrogen-bond acceptors (Lipinski definition) is 10. The maximum atomic E-state index is 9.64. The molecule has 3 heterocycles. The van der Waals surface area contributed by atoms with Gasteiger partial charge in [-0.05, 0) is 53.9 Å². The molecule has 3 aromatic heterocycles. The van der Waals surface area contributed by atoms with Crippen LogP contribution in [0.1, 0.15) is 5.56 Å². The van der Waals surface area contributed by atoms with Gasteiger partial charge in [0.05, 0.1) is 5.69 Å². The topological polar surface area (TPSA) is 137 Å². The molecule has 41 heavy (non-hydrogen) atoms. The van der Waals surface area contributed by atoms with Crippen molar-refractivity contribution in [2.75, 3.05) is 21.7 Å². The molecule has 0 bridgehead atoms. The Hall–Kier alpha value is -5.79. The molecule has 0 spiro atoms. The van der Waals surface area contributed by atoms with Gasteiger partial charge in [-0.3, -0.25) is 0 Å². The molecule has 6 rings (SSSR count). The van der Waals surface area contributed by atoms with Crippen LogP contribution in [0.4, 0.5) is 40.7 Å². The van der Waals surface area contributed by atoms with Crippen molar-refractivity contribution in [3.63, 3.8) is 0 Å². The fraction of sp³-hybridized carbons (Fsp3) is 0. The van der Waals surface area contributed by atoms with E-state index in [0.29, 0.717) is 29.1 Å². The Bertz CT molecular complexity index is 1760. The molecular weight excluding hydrogens is 530 g/mol. The van der Waals surface area contributed by atoms with Crippen LogP contribution in [0.2, 0.25) is 0 Å². The lowest BCUT2D eigenvalue weighted by Crippen LogP contribution is -2.07. The van der Waals surface area contributed by atoms with E-state index in [9.17, 15) is 5.26 Å². The average Bonchev–Trinajstić information content (AvgIpc) is 3.53. The molecular formula is C31H23N9S. The van der Waals surface area contributed by atoms with Crippen molar-refractivity contribution >= 4 is 52.1 Å². The summed E-state index contributed by atoms with van der Waals surface area (Å²) < 4.78 is 0. The molecule has 3 aromatic carbocycles. The van der Waals surface area contributed by atoms with Gasteiger partial charge in [0.1, 0.15) is 17.5 Å². The normalized spacial score (nSPS) is 10.5. The SMILES string of the molecule is N#Cc1c(-c2cccs2)cc(-c2ccc(Nc3nc(Nc4ccccc4)nc(Nc4ccccc4)n3)cc2)nc1N. The molecule has 6 aromatic rings. The summed E-state index contributed by atoms with van der Waals surface area (Å²) in [6, 6.07) is 35.1. The van der Waals surface area contributed by atoms with Gasteiger partial charge in [0.15, 0.2) is 0 Å². The highest BCUT2D eigenvalue weighted by molar-refractivity contribution is 7.13. The number of hydrogen-bond donors (Lipinski definition) is 4. The van der Waals surface area contributed by atoms with Crippen molar-refractivity contribution in [3.05, 3.63) is 114 Å². The van der Waals surface area contributed by atoms with Crippen molar-refractivity contribution < 1.29 is 0 Å². The van der Waals surface area contributed by atoms with E-state index in [4.69, 9.17) is 5.73 Å². The molecule has 0 aliphatic heterocycles. The highest BCUT2D eigenvalue weighted by Crippen LogP contribution is 2.34. The molecule has 0 aliphatic carbocycles. The standard InChI is InChI=1S/C31H23N9S/c32-19-25-24(27-12-7-17-41-27)18-26(37-28(25)33)20-13-15-23(16-14-20)36-31-39-29(34-21-8-3-1-4-9-21)38-30(40-31)35-22-10-5-2-6-11-22/h1-18H,(H2,33,37)(H3,34,35,36,38,39,40). The van der Waals surface area contributed by atoms with E-state index in [1.165, 1.54) is 0 Å². The zero-order chi connectivity index (χ0) is 28.0. The van der Waals surface area contributed by atoms with Crippen LogP contribution in [0.15, 0.2) is 109 Å². The second-order valence-electron chi connectivity index (χ2n) is 8.90. The average molecular weight is 554 g/mol. The van der Waals surface area contributed by atoms with Gasteiger partial charge in [-0.25, -0.2) is 4.98 Å². The van der Waals surface area contributed by atoms with Crippen LogP contribution < -0.4 is 21.7 Å². The predicted octanol–water partition coefficient (Wildman–Crippen LogP) is 7.35. The number of benzene rings is 3. The quantitative estimate of drug-likeness (QED) is 0.152. The van der Waals surface area contributed by atoms with E-state index in [1.807, 2.05) is 109 Å². The first-order chi connectivity index (χ1) is 20.1. The number of aromatic nitrogens is 4. The van der Waals surface area contributed by atoms with Gasteiger partial charge in [-0.1, -0.05) is 54.6 Å². The summed E-state index contributed by atoms with van der Waals surface area (Å²) in [5.74, 6) is 1.35. The molecule has 0 amide bonds. The molecule has 0 saturated heterocycles. The minimum Gasteiger partial charge on any atom is -0.383 e. The first-order valence-corrected chi connectivity index (χ1v) is 13.5. The van der Waals surface area contributed by atoms with Crippen LogP contribution in [0.25, 0.3) is 21.7 Å². The largest absolute Gasteiger partial charge is 0.383 e. The lowest BCUT2D eigenvalue weighted by Gasteiger charge is -2.12. The molecule has 0 fully saturated rings. The lowest BCUT2D eigenvalue weighted by atomic mass is 10.0. The number of anilines is 7. The zero-order valence-corrected chi connectivity index (χ0v) is 22.4. The van der Waals surface area contributed by atoms with E-state index in [2.05, 4.69) is 42.0 Å². The molecule has 198 valence electrons. The van der Waals surface area contributed by atoms with Gasteiger partial charge in [-0.15, -0.1) is 11.3 Å². The summed E-state index contributed by atoms with van der Waals surface area (Å²) in [6.45, 7) is 0. The molecule has 0 unspecified atom stereocenters. The number of nitriles is 1. The second-order valence-corrected chi connectivity index (χ2v) is 9.84. The lowest BCUT2D eigenvalue weighted by molar-refractivity contribution is 1.06. The number of nitrogens with two attached hydrogens (primary N) is 1. The van der Waals surface area contributed by atoms with E-state index >= 15 is 0 Å². The Balaban J connectivity index is 1.28. The highest BCUT2D eigenvalue weighted by atomic mass is 32.1. The summed E-state index contributed by atoms with van der Waals surface area (Å²) in [5, 5.41) is 21.3. The van der Waals surface area contributed by atoms with Crippen LogP contribution in [0.3, 0.4) is 0 Å². The summed E-state index contributed by atoms with van der Waals surface area (Å²) in [5.41, 5.74) is 11.4. The van der Waals surface area contributed by atoms with Crippen molar-refractivity contribution in [1.29, 1.82) is 5.26 Å². The number of rotatable bonds is 8. The second kappa shape index (κ2) is 11.5. The third-order valence-corrected chi connectivity index (χ3v) is 6.98. The van der Waals surface area contributed by atoms with Gasteiger partial charge in [0, 0.05) is 33.1 Å². The van der Waals surface area contributed by atoms with Crippen LogP contribution >= 0.6 is 11.3 Å². The van der Waals surface area contributed by atoms with Crippen LogP contribution in [-0.2, 0) is 0 Å². The van der Waals surface area contributed by atoms with Gasteiger partial charge < -0.3 is 21.7 Å². The molecule has 10 heteroatoms. The number of nitrogens with one attached hydrogen (secondary N) is 3. The first-order valence-electron chi connectivity index (χ1n) is 12.7. The maximum Gasteiger partial charge on any atom is 0.233 e. The Kier molecular flexibility index (Phi) is 7.17. The molecule has 0 aliphatic rings. The highest BCUT2D eigenvalue weighted by Gasteiger charge is 2.14. The van der Waals surface area contributed by atoms with Crippen LogP contribution in [0, 0.1) is 11.3 Å². The van der Waals surface area contributed by atoms with Gasteiger partial charge in [-0.2, -0.15) is 20.2 Å². The monoisotopic (exact) mass is 553 g/mol. The number of thiophene rings is 1. The van der Waals surface area contributed by atoms with Crippen LogP contribution in [-0.4, -0.2) is 19.9 Å². The summed E-state index contributed by atoms with van der Waals surface area (Å²) in [4.78, 5) is 19.1. The van der Waals surface area contributed by atoms with Gasteiger partial charge in [0.25, 0.3) is 0 Å². The van der Waals surface area contributed by atoms with E-state index in [-0.39, 0.29) is 5.82 Å². The van der Waals surface area contributed by atoms with Crippen molar-refractivity contribution in [1.82, 2.24) is 19.9 Å². The van der Waals surface area contributed by atoms with Crippen LogP contribution in [0.5, 0.6) is 0 Å². The van der Waals surface area contributed by atoms with Gasteiger partial charge >= 0.3 is 0 Å². The van der Waals surface area contributed by atoms with Crippen molar-refractivity contribution in [3.8, 4) is 27.8 Å².